The van der Waals surface area contributed by atoms with Crippen LogP contribution in [0.15, 0.2) is 5.38 Å². The molecule has 0 bridgehead atoms. The van der Waals surface area contributed by atoms with E-state index >= 15 is 0 Å². The number of carbonyl (C=O) groups excluding carboxylic acids is 1. The lowest BCUT2D eigenvalue weighted by Crippen LogP contribution is -2.56. The molecule has 1 aliphatic rings. The van der Waals surface area contributed by atoms with Crippen molar-refractivity contribution < 1.29 is 14.7 Å². The third-order valence-corrected chi connectivity index (χ3v) is 4.44. The van der Waals surface area contributed by atoms with E-state index in [1.54, 1.807) is 23.2 Å². The molecule has 0 spiro atoms. The van der Waals surface area contributed by atoms with E-state index < -0.39 is 11.9 Å². The highest BCUT2D eigenvalue weighted by molar-refractivity contribution is 7.09. The number of thiazole rings is 1. The van der Waals surface area contributed by atoms with E-state index in [1.165, 1.54) is 0 Å². The second-order valence-corrected chi connectivity index (χ2v) is 6.19. The van der Waals surface area contributed by atoms with Crippen LogP contribution >= 0.6 is 11.3 Å². The summed E-state index contributed by atoms with van der Waals surface area (Å²) < 4.78 is 0. The molecule has 1 unspecified atom stereocenters. The zero-order valence-corrected chi connectivity index (χ0v) is 12.4. The van der Waals surface area contributed by atoms with Crippen LogP contribution in [0.1, 0.15) is 17.6 Å². The number of carboxylic acid groups (broad SMARTS) is 1. The van der Waals surface area contributed by atoms with Crippen LogP contribution in [0.25, 0.3) is 0 Å². The van der Waals surface area contributed by atoms with Gasteiger partial charge in [-0.15, -0.1) is 11.3 Å². The Morgan fingerprint density at radius 2 is 2.30 bits per heavy atom. The quantitative estimate of drug-likeness (QED) is 0.859. The summed E-state index contributed by atoms with van der Waals surface area (Å²) in [5.41, 5.74) is 0.994. The molecule has 1 aromatic rings. The Labute approximate surface area is 121 Å². The predicted molar refractivity (Wildman–Crippen MR) is 75.8 cm³/mol. The van der Waals surface area contributed by atoms with Crippen molar-refractivity contribution in [1.82, 2.24) is 15.2 Å². The van der Waals surface area contributed by atoms with Gasteiger partial charge >= 0.3 is 12.0 Å². The normalized spacial score (nSPS) is 16.6. The van der Waals surface area contributed by atoms with E-state index in [1.807, 2.05) is 12.3 Å². The maximum Gasteiger partial charge on any atom is 0.317 e. The Hall–Kier alpha value is -1.63. The number of nitrogens with one attached hydrogen (secondary N) is 1. The Balaban J connectivity index is 1.66. The summed E-state index contributed by atoms with van der Waals surface area (Å²) >= 11 is 1.60. The molecule has 110 valence electrons. The molecule has 1 aromatic heterocycles. The van der Waals surface area contributed by atoms with E-state index in [0.717, 1.165) is 17.1 Å². The molecule has 7 heteroatoms. The summed E-state index contributed by atoms with van der Waals surface area (Å²) in [7, 11) is 0. The first-order valence-corrected chi connectivity index (χ1v) is 7.52. The van der Waals surface area contributed by atoms with Crippen LogP contribution in [0.4, 0.5) is 4.79 Å². The van der Waals surface area contributed by atoms with Crippen LogP contribution in [0.2, 0.25) is 0 Å². The minimum Gasteiger partial charge on any atom is -0.481 e. The van der Waals surface area contributed by atoms with Gasteiger partial charge in [-0.05, 0) is 6.92 Å². The van der Waals surface area contributed by atoms with Crippen molar-refractivity contribution in [3.8, 4) is 0 Å². The fourth-order valence-corrected chi connectivity index (χ4v) is 2.78. The summed E-state index contributed by atoms with van der Waals surface area (Å²) in [4.78, 5) is 28.6. The number of carboxylic acids is 1. The highest BCUT2D eigenvalue weighted by Gasteiger charge is 2.36. The lowest BCUT2D eigenvalue weighted by molar-refractivity contribution is -0.144. The number of likely N-dealkylation sites (tertiary alicyclic amines) is 1. The molecular weight excluding hydrogens is 278 g/mol. The Bertz CT molecular complexity index is 497. The van der Waals surface area contributed by atoms with E-state index in [4.69, 9.17) is 5.11 Å². The minimum atomic E-state index is -0.797. The first-order chi connectivity index (χ1) is 9.47. The van der Waals surface area contributed by atoms with Crippen molar-refractivity contribution >= 4 is 23.3 Å². The van der Waals surface area contributed by atoms with E-state index in [2.05, 4.69) is 10.3 Å². The maximum atomic E-state index is 11.8. The van der Waals surface area contributed by atoms with Crippen LogP contribution in [-0.4, -0.2) is 46.6 Å². The predicted octanol–water partition coefficient (Wildman–Crippen LogP) is 1.36. The molecule has 6 nitrogen and oxygen atoms in total. The van der Waals surface area contributed by atoms with Crippen molar-refractivity contribution in [2.75, 3.05) is 19.6 Å². The number of hydrogen-bond donors (Lipinski definition) is 2. The number of nitrogens with zero attached hydrogens (tertiary/aromatic N) is 2. The second kappa shape index (κ2) is 6.21. The molecule has 2 amide bonds. The highest BCUT2D eigenvalue weighted by atomic mass is 32.1. The molecule has 0 aliphatic carbocycles. The van der Waals surface area contributed by atoms with Crippen LogP contribution in [0.3, 0.4) is 0 Å². The lowest BCUT2D eigenvalue weighted by atomic mass is 9.87. The largest absolute Gasteiger partial charge is 0.481 e. The molecule has 1 fully saturated rings. The van der Waals surface area contributed by atoms with Crippen molar-refractivity contribution in [1.29, 1.82) is 0 Å². The van der Waals surface area contributed by atoms with Gasteiger partial charge in [0.2, 0.25) is 0 Å². The van der Waals surface area contributed by atoms with Crippen LogP contribution in [0.5, 0.6) is 0 Å². The first kappa shape index (κ1) is 14.8. The molecule has 2 N–H and O–H groups in total. The molecule has 0 aromatic carbocycles. The van der Waals surface area contributed by atoms with Gasteiger partial charge in [0.1, 0.15) is 0 Å². The van der Waals surface area contributed by atoms with Gasteiger partial charge in [0.15, 0.2) is 0 Å². The van der Waals surface area contributed by atoms with Crippen LogP contribution < -0.4 is 5.32 Å². The molecule has 0 radical (unpaired) electrons. The van der Waals surface area contributed by atoms with Gasteiger partial charge in [-0.1, -0.05) is 6.92 Å². The van der Waals surface area contributed by atoms with Gasteiger partial charge in [-0.25, -0.2) is 9.78 Å². The molecule has 1 aliphatic heterocycles. The topological polar surface area (TPSA) is 82.5 Å². The van der Waals surface area contributed by atoms with Crippen LogP contribution in [0, 0.1) is 18.8 Å². The van der Waals surface area contributed by atoms with Crippen molar-refractivity contribution in [2.24, 2.45) is 11.8 Å². The van der Waals surface area contributed by atoms with Gasteiger partial charge in [-0.3, -0.25) is 4.79 Å². The van der Waals surface area contributed by atoms with Gasteiger partial charge < -0.3 is 15.3 Å². The molecule has 20 heavy (non-hydrogen) atoms. The number of amides is 2. The number of rotatable bonds is 5. The number of aromatic nitrogens is 1. The average Bonchev–Trinajstić information content (AvgIpc) is 2.73. The zero-order valence-electron chi connectivity index (χ0n) is 11.6. The lowest BCUT2D eigenvalue weighted by Gasteiger charge is -2.41. The number of hydrogen-bond acceptors (Lipinski definition) is 4. The number of aryl methyl sites for hydroxylation is 1. The first-order valence-electron chi connectivity index (χ1n) is 6.64. The summed E-state index contributed by atoms with van der Waals surface area (Å²) in [5.74, 6) is -1.12. The summed E-state index contributed by atoms with van der Waals surface area (Å²) in [6, 6.07) is -0.120. The number of aliphatic carboxylic acids is 1. The monoisotopic (exact) mass is 297 g/mol. The summed E-state index contributed by atoms with van der Waals surface area (Å²) in [6.45, 7) is 5.24. The number of urea groups is 1. The van der Waals surface area contributed by atoms with E-state index in [-0.39, 0.29) is 11.9 Å². The summed E-state index contributed by atoms with van der Waals surface area (Å²) in [5, 5.41) is 14.7. The fourth-order valence-electron chi connectivity index (χ4n) is 2.13. The minimum absolute atomic E-state index is 0.0689. The van der Waals surface area contributed by atoms with E-state index in [0.29, 0.717) is 19.6 Å². The van der Waals surface area contributed by atoms with Crippen molar-refractivity contribution in [3.63, 3.8) is 0 Å². The third kappa shape index (κ3) is 3.47. The van der Waals surface area contributed by atoms with Crippen molar-refractivity contribution in [2.45, 2.75) is 20.3 Å². The van der Waals surface area contributed by atoms with Gasteiger partial charge in [0.05, 0.1) is 16.6 Å². The molecule has 1 atom stereocenters. The average molecular weight is 297 g/mol. The third-order valence-electron chi connectivity index (χ3n) is 3.62. The second-order valence-electron chi connectivity index (χ2n) is 5.13. The van der Waals surface area contributed by atoms with Crippen molar-refractivity contribution in [3.05, 3.63) is 16.1 Å². The maximum absolute atomic E-state index is 11.8. The molecule has 1 saturated heterocycles. The Morgan fingerprint density at radius 1 is 1.60 bits per heavy atom. The van der Waals surface area contributed by atoms with E-state index in [9.17, 15) is 9.59 Å². The SMILES string of the molecule is Cc1nc(CCNC(=O)N2CC(C(C)C(=O)O)C2)cs1. The number of carbonyl (C=O) groups is 2. The molecule has 0 saturated carbocycles. The standard InChI is InChI=1S/C13H19N3O3S/c1-8(12(17)18)10-5-16(6-10)13(19)14-4-3-11-7-20-9(2)15-11/h7-8,10H,3-6H2,1-2H3,(H,14,19)(H,17,18). The smallest absolute Gasteiger partial charge is 0.317 e. The van der Waals surface area contributed by atoms with Gasteiger partial charge in [-0.2, -0.15) is 0 Å². The van der Waals surface area contributed by atoms with Crippen LogP contribution in [-0.2, 0) is 11.2 Å². The fraction of sp³-hybridized carbons (Fsp3) is 0.615. The van der Waals surface area contributed by atoms with Gasteiger partial charge in [0, 0.05) is 37.4 Å². The highest BCUT2D eigenvalue weighted by Crippen LogP contribution is 2.23. The molecular formula is C13H19N3O3S. The summed E-state index contributed by atoms with van der Waals surface area (Å²) in [6.07, 6.45) is 0.721. The van der Waals surface area contributed by atoms with Gasteiger partial charge in [0.25, 0.3) is 0 Å². The zero-order chi connectivity index (χ0) is 14.7. The molecule has 2 rings (SSSR count). The molecule has 2 heterocycles. The Morgan fingerprint density at radius 3 is 2.85 bits per heavy atom. The Kier molecular flexibility index (Phi) is 4.59.